The fourth-order valence-electron chi connectivity index (χ4n) is 1.73. The third-order valence-corrected chi connectivity index (χ3v) is 2.95. The predicted molar refractivity (Wildman–Crippen MR) is 75.7 cm³/mol. The average molecular weight is 279 g/mol. The quantitative estimate of drug-likeness (QED) is 0.883. The zero-order valence-electron chi connectivity index (χ0n) is 10.5. The Balaban J connectivity index is 2.17. The van der Waals surface area contributed by atoms with Crippen molar-refractivity contribution in [1.29, 1.82) is 0 Å². The Labute approximate surface area is 117 Å². The number of aliphatic hydroxyl groups is 1. The molecule has 2 aromatic rings. The van der Waals surface area contributed by atoms with Crippen LogP contribution in [0.1, 0.15) is 11.6 Å². The standard InChI is InChI=1S/C14H15ClN2O2/c1-19-12-4-2-3-10(7-12)13(9-18)17-14-6-5-11(15)8-16-14/h2-8,13,18H,9H2,1H3,(H,16,17)/t13-/m1/s1. The second kappa shape index (κ2) is 6.41. The van der Waals surface area contributed by atoms with E-state index >= 15 is 0 Å². The van der Waals surface area contributed by atoms with Crippen molar-refractivity contribution in [3.05, 3.63) is 53.2 Å². The van der Waals surface area contributed by atoms with Crippen molar-refractivity contribution < 1.29 is 9.84 Å². The molecule has 1 atom stereocenters. The van der Waals surface area contributed by atoms with Gasteiger partial charge in [-0.25, -0.2) is 4.98 Å². The summed E-state index contributed by atoms with van der Waals surface area (Å²) in [7, 11) is 1.61. The molecule has 0 amide bonds. The Morgan fingerprint density at radius 2 is 2.21 bits per heavy atom. The van der Waals surface area contributed by atoms with Crippen LogP contribution in [-0.4, -0.2) is 23.8 Å². The van der Waals surface area contributed by atoms with Gasteiger partial charge in [0.2, 0.25) is 0 Å². The summed E-state index contributed by atoms with van der Waals surface area (Å²) < 4.78 is 5.17. The van der Waals surface area contributed by atoms with E-state index in [0.29, 0.717) is 10.8 Å². The minimum Gasteiger partial charge on any atom is -0.497 e. The molecule has 0 fully saturated rings. The number of hydrogen-bond acceptors (Lipinski definition) is 4. The molecule has 1 heterocycles. The molecule has 4 nitrogen and oxygen atoms in total. The molecule has 0 aliphatic carbocycles. The maximum atomic E-state index is 9.50. The maximum absolute atomic E-state index is 9.50. The third kappa shape index (κ3) is 3.59. The molecule has 19 heavy (non-hydrogen) atoms. The molecule has 1 aromatic carbocycles. The van der Waals surface area contributed by atoms with Gasteiger partial charge >= 0.3 is 0 Å². The Hall–Kier alpha value is -1.78. The molecule has 5 heteroatoms. The Morgan fingerprint density at radius 1 is 1.37 bits per heavy atom. The van der Waals surface area contributed by atoms with Crippen molar-refractivity contribution in [2.24, 2.45) is 0 Å². The van der Waals surface area contributed by atoms with Crippen LogP contribution in [-0.2, 0) is 0 Å². The first-order chi connectivity index (χ1) is 9.22. The Morgan fingerprint density at radius 3 is 2.84 bits per heavy atom. The first kappa shape index (κ1) is 13.6. The number of benzene rings is 1. The molecule has 0 bridgehead atoms. The molecule has 0 aliphatic heterocycles. The SMILES string of the molecule is COc1cccc([C@@H](CO)Nc2ccc(Cl)cn2)c1. The molecule has 100 valence electrons. The number of aromatic nitrogens is 1. The highest BCUT2D eigenvalue weighted by Gasteiger charge is 2.11. The second-order valence-corrected chi connectivity index (χ2v) is 4.45. The molecule has 0 radical (unpaired) electrons. The summed E-state index contributed by atoms with van der Waals surface area (Å²) in [4.78, 5) is 4.15. The Bertz CT molecular complexity index is 531. The van der Waals surface area contributed by atoms with Gasteiger partial charge in [0.25, 0.3) is 0 Å². The number of nitrogens with zero attached hydrogens (tertiary/aromatic N) is 1. The lowest BCUT2D eigenvalue weighted by Gasteiger charge is -2.18. The fourth-order valence-corrected chi connectivity index (χ4v) is 1.84. The molecule has 0 saturated heterocycles. The van der Waals surface area contributed by atoms with Gasteiger partial charge in [0.1, 0.15) is 11.6 Å². The van der Waals surface area contributed by atoms with E-state index in [4.69, 9.17) is 16.3 Å². The zero-order valence-corrected chi connectivity index (χ0v) is 11.3. The van der Waals surface area contributed by atoms with Gasteiger partial charge in [-0.15, -0.1) is 0 Å². The van der Waals surface area contributed by atoms with Crippen molar-refractivity contribution in [3.63, 3.8) is 0 Å². The first-order valence-corrected chi connectivity index (χ1v) is 6.23. The van der Waals surface area contributed by atoms with Crippen molar-refractivity contribution in [2.45, 2.75) is 6.04 Å². The second-order valence-electron chi connectivity index (χ2n) is 4.02. The van der Waals surface area contributed by atoms with Crippen LogP contribution in [0.15, 0.2) is 42.6 Å². The molecule has 0 saturated carbocycles. The van der Waals surface area contributed by atoms with Crippen LogP contribution in [0.25, 0.3) is 0 Å². The lowest BCUT2D eigenvalue weighted by atomic mass is 10.1. The summed E-state index contributed by atoms with van der Waals surface area (Å²) in [5.74, 6) is 1.41. The van der Waals surface area contributed by atoms with Gasteiger partial charge < -0.3 is 15.2 Å². The van der Waals surface area contributed by atoms with Crippen molar-refractivity contribution in [2.75, 3.05) is 19.0 Å². The summed E-state index contributed by atoms with van der Waals surface area (Å²) in [6, 6.07) is 10.8. The summed E-state index contributed by atoms with van der Waals surface area (Å²) in [5.41, 5.74) is 0.929. The minimum absolute atomic E-state index is 0.0442. The lowest BCUT2D eigenvalue weighted by molar-refractivity contribution is 0.276. The highest BCUT2D eigenvalue weighted by molar-refractivity contribution is 6.30. The maximum Gasteiger partial charge on any atom is 0.126 e. The average Bonchev–Trinajstić information content (AvgIpc) is 2.46. The van der Waals surface area contributed by atoms with Crippen molar-refractivity contribution in [1.82, 2.24) is 4.98 Å². The van der Waals surface area contributed by atoms with E-state index in [0.717, 1.165) is 11.3 Å². The van der Waals surface area contributed by atoms with E-state index in [1.165, 1.54) is 0 Å². The summed E-state index contributed by atoms with van der Waals surface area (Å²) >= 11 is 5.78. The number of halogens is 1. The molecule has 2 rings (SSSR count). The number of nitrogens with one attached hydrogen (secondary N) is 1. The van der Waals surface area contributed by atoms with Crippen LogP contribution in [0.3, 0.4) is 0 Å². The number of ether oxygens (including phenoxy) is 1. The van der Waals surface area contributed by atoms with Crippen molar-refractivity contribution >= 4 is 17.4 Å². The van der Waals surface area contributed by atoms with E-state index in [-0.39, 0.29) is 12.6 Å². The number of hydrogen-bond donors (Lipinski definition) is 2. The van der Waals surface area contributed by atoms with Crippen LogP contribution < -0.4 is 10.1 Å². The molecule has 2 N–H and O–H groups in total. The van der Waals surface area contributed by atoms with Gasteiger partial charge in [0.05, 0.1) is 24.8 Å². The summed E-state index contributed by atoms with van der Waals surface area (Å²) in [6.45, 7) is -0.0442. The van der Waals surface area contributed by atoms with Gasteiger partial charge in [-0.3, -0.25) is 0 Å². The number of rotatable bonds is 5. The van der Waals surface area contributed by atoms with E-state index in [9.17, 15) is 5.11 Å². The topological polar surface area (TPSA) is 54.4 Å². The van der Waals surface area contributed by atoms with Crippen molar-refractivity contribution in [3.8, 4) is 5.75 Å². The molecule has 0 aliphatic rings. The van der Waals surface area contributed by atoms with E-state index in [1.54, 1.807) is 25.4 Å². The molecule has 0 spiro atoms. The zero-order chi connectivity index (χ0) is 13.7. The first-order valence-electron chi connectivity index (χ1n) is 5.86. The van der Waals surface area contributed by atoms with Crippen LogP contribution in [0.5, 0.6) is 5.75 Å². The van der Waals surface area contributed by atoms with Crippen LogP contribution in [0, 0.1) is 0 Å². The van der Waals surface area contributed by atoms with Gasteiger partial charge in [-0.05, 0) is 29.8 Å². The van der Waals surface area contributed by atoms with E-state index < -0.39 is 0 Å². The third-order valence-electron chi connectivity index (χ3n) is 2.73. The van der Waals surface area contributed by atoms with Gasteiger partial charge in [-0.2, -0.15) is 0 Å². The normalized spacial score (nSPS) is 11.9. The van der Waals surface area contributed by atoms with E-state index in [1.807, 2.05) is 24.3 Å². The smallest absolute Gasteiger partial charge is 0.126 e. The minimum atomic E-state index is -0.247. The number of pyridine rings is 1. The number of aliphatic hydroxyl groups excluding tert-OH is 1. The summed E-state index contributed by atoms with van der Waals surface area (Å²) in [5, 5.41) is 13.2. The fraction of sp³-hybridized carbons (Fsp3) is 0.214. The predicted octanol–water partition coefficient (Wildman–Crippen LogP) is 2.89. The molecule has 0 unspecified atom stereocenters. The monoisotopic (exact) mass is 278 g/mol. The molecule has 1 aromatic heterocycles. The number of methoxy groups -OCH3 is 1. The lowest BCUT2D eigenvalue weighted by Crippen LogP contribution is -2.15. The molecular formula is C14H15ClN2O2. The highest BCUT2D eigenvalue weighted by atomic mass is 35.5. The largest absolute Gasteiger partial charge is 0.497 e. The van der Waals surface area contributed by atoms with Gasteiger partial charge in [0.15, 0.2) is 0 Å². The van der Waals surface area contributed by atoms with Gasteiger partial charge in [-0.1, -0.05) is 23.7 Å². The van der Waals surface area contributed by atoms with Crippen LogP contribution in [0.2, 0.25) is 5.02 Å². The Kier molecular flexibility index (Phi) is 4.60. The molecular weight excluding hydrogens is 264 g/mol. The summed E-state index contributed by atoms with van der Waals surface area (Å²) in [6.07, 6.45) is 1.56. The van der Waals surface area contributed by atoms with Crippen LogP contribution in [0.4, 0.5) is 5.82 Å². The van der Waals surface area contributed by atoms with Gasteiger partial charge in [0, 0.05) is 6.20 Å². The highest BCUT2D eigenvalue weighted by Crippen LogP contribution is 2.22. The van der Waals surface area contributed by atoms with E-state index in [2.05, 4.69) is 10.3 Å². The van der Waals surface area contributed by atoms with Crippen LogP contribution >= 0.6 is 11.6 Å². The number of anilines is 1.